The summed E-state index contributed by atoms with van der Waals surface area (Å²) in [5.41, 5.74) is 1.37. The summed E-state index contributed by atoms with van der Waals surface area (Å²) in [5, 5.41) is 2.88. The first kappa shape index (κ1) is 16.3. The average molecular weight is 349 g/mol. The van der Waals surface area contributed by atoms with E-state index in [1.807, 2.05) is 18.2 Å². The zero-order chi connectivity index (χ0) is 17.9. The molecule has 1 unspecified atom stereocenters. The fraction of sp³-hybridized carbons (Fsp3) is 0.250. The molecule has 1 aliphatic heterocycles. The smallest absolute Gasteiger partial charge is 0.270 e. The van der Waals surface area contributed by atoms with Crippen LogP contribution in [0.5, 0.6) is 5.75 Å². The summed E-state index contributed by atoms with van der Waals surface area (Å²) in [4.78, 5) is 29.2. The molecule has 3 heterocycles. The molecule has 6 heteroatoms. The highest BCUT2D eigenvalue weighted by Crippen LogP contribution is 2.26. The number of aromatic nitrogens is 2. The predicted molar refractivity (Wildman–Crippen MR) is 97.5 cm³/mol. The molecule has 0 spiro atoms. The predicted octanol–water partition coefficient (Wildman–Crippen LogP) is 2.07. The van der Waals surface area contributed by atoms with Gasteiger partial charge in [0.15, 0.2) is 0 Å². The van der Waals surface area contributed by atoms with E-state index in [4.69, 9.17) is 4.74 Å². The number of carbonyl (C=O) groups is 1. The third-order valence-corrected chi connectivity index (χ3v) is 4.67. The minimum absolute atomic E-state index is 0.0546. The van der Waals surface area contributed by atoms with Crippen LogP contribution in [0.25, 0.3) is 5.65 Å². The summed E-state index contributed by atoms with van der Waals surface area (Å²) in [7, 11) is 0. The first-order valence-corrected chi connectivity index (χ1v) is 8.67. The van der Waals surface area contributed by atoms with Crippen LogP contribution >= 0.6 is 0 Å². The second kappa shape index (κ2) is 7.00. The highest BCUT2D eigenvalue weighted by molar-refractivity contribution is 5.93. The molecule has 1 amide bonds. The molecule has 1 aromatic carbocycles. The van der Waals surface area contributed by atoms with E-state index in [9.17, 15) is 9.59 Å². The summed E-state index contributed by atoms with van der Waals surface area (Å²) < 4.78 is 7.14. The molecule has 1 N–H and O–H groups in total. The van der Waals surface area contributed by atoms with Gasteiger partial charge in [-0.15, -0.1) is 0 Å². The van der Waals surface area contributed by atoms with Crippen LogP contribution in [0.4, 0.5) is 0 Å². The number of ether oxygens (including phenoxy) is 1. The lowest BCUT2D eigenvalue weighted by atomic mass is 9.97. The van der Waals surface area contributed by atoms with E-state index in [1.54, 1.807) is 24.4 Å². The van der Waals surface area contributed by atoms with Gasteiger partial charge in [0.1, 0.15) is 17.0 Å². The second-order valence-corrected chi connectivity index (χ2v) is 6.43. The molecule has 0 radical (unpaired) electrons. The molecule has 0 saturated heterocycles. The summed E-state index contributed by atoms with van der Waals surface area (Å²) in [5.74, 6) is 0.788. The fourth-order valence-electron chi connectivity index (χ4n) is 3.25. The Bertz CT molecular complexity index is 1010. The van der Waals surface area contributed by atoms with Crippen molar-refractivity contribution in [3.8, 4) is 5.75 Å². The molecule has 26 heavy (non-hydrogen) atoms. The highest BCUT2D eigenvalue weighted by Gasteiger charge is 2.19. The van der Waals surface area contributed by atoms with Crippen LogP contribution < -0.4 is 15.6 Å². The van der Waals surface area contributed by atoms with Crippen LogP contribution in [-0.4, -0.2) is 28.4 Å². The van der Waals surface area contributed by atoms with Crippen molar-refractivity contribution in [2.24, 2.45) is 5.92 Å². The molecule has 3 aromatic rings. The number of amides is 1. The van der Waals surface area contributed by atoms with Crippen LogP contribution in [-0.2, 0) is 6.42 Å². The van der Waals surface area contributed by atoms with Crippen molar-refractivity contribution in [3.63, 3.8) is 0 Å². The Morgan fingerprint density at radius 2 is 2.08 bits per heavy atom. The molecular formula is C20H19N3O3. The number of benzene rings is 1. The van der Waals surface area contributed by atoms with Crippen molar-refractivity contribution >= 4 is 11.6 Å². The van der Waals surface area contributed by atoms with Gasteiger partial charge in [-0.2, -0.15) is 0 Å². The van der Waals surface area contributed by atoms with Crippen LogP contribution in [0.2, 0.25) is 0 Å². The Balaban J connectivity index is 1.48. The summed E-state index contributed by atoms with van der Waals surface area (Å²) in [6.07, 6.45) is 4.65. The molecule has 132 valence electrons. The normalized spacial score (nSPS) is 16.4. The molecule has 1 aliphatic rings. The van der Waals surface area contributed by atoms with Crippen LogP contribution in [0.15, 0.2) is 59.7 Å². The van der Waals surface area contributed by atoms with Crippen molar-refractivity contribution in [1.82, 2.24) is 14.7 Å². The highest BCUT2D eigenvalue weighted by atomic mass is 16.5. The van der Waals surface area contributed by atoms with Gasteiger partial charge in [0.25, 0.3) is 11.5 Å². The number of nitrogens with one attached hydrogen (secondary N) is 1. The van der Waals surface area contributed by atoms with Crippen LogP contribution in [0, 0.1) is 5.92 Å². The van der Waals surface area contributed by atoms with Crippen LogP contribution in [0.3, 0.4) is 0 Å². The van der Waals surface area contributed by atoms with Gasteiger partial charge in [-0.25, -0.2) is 4.98 Å². The maximum atomic E-state index is 12.5. The molecule has 2 aromatic heterocycles. The van der Waals surface area contributed by atoms with Crippen molar-refractivity contribution in [3.05, 3.63) is 76.3 Å². The standard InChI is InChI=1S/C20H19N3O3/c24-19(16-13-21-18-7-3-4-9-23(18)20(16)25)22-12-14-8-10-26-17-6-2-1-5-15(17)11-14/h1-7,9,13-14H,8,10-12H2,(H,22,24). The van der Waals surface area contributed by atoms with Gasteiger partial charge in [-0.05, 0) is 42.5 Å². The Labute approximate surface area is 150 Å². The molecule has 0 saturated carbocycles. The number of hydrogen-bond acceptors (Lipinski definition) is 4. The number of para-hydroxylation sites is 1. The molecule has 0 aliphatic carbocycles. The van der Waals surface area contributed by atoms with Crippen molar-refractivity contribution in [2.75, 3.05) is 13.2 Å². The lowest BCUT2D eigenvalue weighted by Crippen LogP contribution is -2.35. The largest absolute Gasteiger partial charge is 0.493 e. The number of pyridine rings is 1. The van der Waals surface area contributed by atoms with E-state index in [0.717, 1.165) is 24.2 Å². The lowest BCUT2D eigenvalue weighted by Gasteiger charge is -2.14. The van der Waals surface area contributed by atoms with E-state index >= 15 is 0 Å². The minimum Gasteiger partial charge on any atom is -0.493 e. The first-order valence-electron chi connectivity index (χ1n) is 8.67. The van der Waals surface area contributed by atoms with E-state index in [2.05, 4.69) is 16.4 Å². The molecule has 4 rings (SSSR count). The Kier molecular flexibility index (Phi) is 4.39. The molecule has 6 nitrogen and oxygen atoms in total. The Morgan fingerprint density at radius 3 is 3.00 bits per heavy atom. The van der Waals surface area contributed by atoms with Crippen molar-refractivity contribution < 1.29 is 9.53 Å². The van der Waals surface area contributed by atoms with Crippen LogP contribution in [0.1, 0.15) is 22.3 Å². The Morgan fingerprint density at radius 1 is 1.23 bits per heavy atom. The quantitative estimate of drug-likeness (QED) is 0.786. The SMILES string of the molecule is O=C(NCC1CCOc2ccccc2C1)c1cnc2ccccn2c1=O. The third kappa shape index (κ3) is 3.18. The summed E-state index contributed by atoms with van der Waals surface area (Å²) in [6.45, 7) is 1.12. The van der Waals surface area contributed by atoms with Crippen molar-refractivity contribution in [2.45, 2.75) is 12.8 Å². The topological polar surface area (TPSA) is 72.7 Å². The van der Waals surface area contributed by atoms with Gasteiger partial charge in [0.2, 0.25) is 0 Å². The number of nitrogens with zero attached hydrogens (tertiary/aromatic N) is 2. The average Bonchev–Trinajstić information content (AvgIpc) is 2.88. The maximum Gasteiger partial charge on any atom is 0.270 e. The van der Waals surface area contributed by atoms with E-state index in [1.165, 1.54) is 10.6 Å². The minimum atomic E-state index is -0.390. The fourth-order valence-corrected chi connectivity index (χ4v) is 3.25. The molecular weight excluding hydrogens is 330 g/mol. The molecule has 0 bridgehead atoms. The number of fused-ring (bicyclic) bond motifs is 2. The van der Waals surface area contributed by atoms with Gasteiger partial charge < -0.3 is 10.1 Å². The van der Waals surface area contributed by atoms with Gasteiger partial charge in [-0.3, -0.25) is 14.0 Å². The first-order chi connectivity index (χ1) is 12.7. The second-order valence-electron chi connectivity index (χ2n) is 6.43. The van der Waals surface area contributed by atoms with E-state index in [-0.39, 0.29) is 22.9 Å². The third-order valence-electron chi connectivity index (χ3n) is 4.67. The monoisotopic (exact) mass is 349 g/mol. The van der Waals surface area contributed by atoms with Gasteiger partial charge in [-0.1, -0.05) is 24.3 Å². The van der Waals surface area contributed by atoms with E-state index < -0.39 is 0 Å². The number of hydrogen-bond donors (Lipinski definition) is 1. The maximum absolute atomic E-state index is 12.5. The van der Waals surface area contributed by atoms with Gasteiger partial charge in [0, 0.05) is 18.9 Å². The van der Waals surface area contributed by atoms with Gasteiger partial charge in [0.05, 0.1) is 6.61 Å². The Hall–Kier alpha value is -3.15. The molecule has 0 fully saturated rings. The molecule has 1 atom stereocenters. The van der Waals surface area contributed by atoms with Gasteiger partial charge >= 0.3 is 0 Å². The summed E-state index contributed by atoms with van der Waals surface area (Å²) in [6, 6.07) is 13.2. The zero-order valence-corrected chi connectivity index (χ0v) is 14.2. The number of carbonyl (C=O) groups excluding carboxylic acids is 1. The van der Waals surface area contributed by atoms with Crippen molar-refractivity contribution in [1.29, 1.82) is 0 Å². The lowest BCUT2D eigenvalue weighted by molar-refractivity contribution is 0.0943. The van der Waals surface area contributed by atoms with E-state index in [0.29, 0.717) is 18.8 Å². The number of rotatable bonds is 3. The zero-order valence-electron chi connectivity index (χ0n) is 14.2. The summed E-state index contributed by atoms with van der Waals surface area (Å²) >= 11 is 0.